The van der Waals surface area contributed by atoms with Gasteiger partial charge in [0.15, 0.2) is 5.96 Å². The Labute approximate surface area is 165 Å². The molecule has 1 aromatic carbocycles. The molecule has 132 valence electrons. The topological polar surface area (TPSA) is 59.6 Å². The molecule has 0 spiro atoms. The third kappa shape index (κ3) is 8.12. The van der Waals surface area contributed by atoms with E-state index in [1.807, 2.05) is 18.2 Å². The van der Waals surface area contributed by atoms with Crippen molar-refractivity contribution in [3.63, 3.8) is 0 Å². The molecule has 2 aromatic rings. The fourth-order valence-corrected chi connectivity index (χ4v) is 2.88. The Morgan fingerprint density at radius 3 is 2.75 bits per heavy atom. The van der Waals surface area contributed by atoms with Crippen LogP contribution in [0.25, 0.3) is 0 Å². The van der Waals surface area contributed by atoms with Crippen molar-refractivity contribution in [2.75, 3.05) is 19.7 Å². The predicted octanol–water partition coefficient (Wildman–Crippen LogP) is 3.98. The lowest BCUT2D eigenvalue weighted by Crippen LogP contribution is -2.33. The van der Waals surface area contributed by atoms with E-state index in [0.717, 1.165) is 19.4 Å². The van der Waals surface area contributed by atoms with Crippen LogP contribution in [0.1, 0.15) is 29.9 Å². The monoisotopic (exact) mass is 459 g/mol. The first-order chi connectivity index (χ1) is 11.3. The van der Waals surface area contributed by atoms with Gasteiger partial charge in [-0.25, -0.2) is 0 Å². The molecule has 0 radical (unpaired) electrons. The van der Waals surface area contributed by atoms with E-state index in [1.165, 1.54) is 10.4 Å². The number of nitrogens with zero attached hydrogens (tertiary/aromatic N) is 1. The molecule has 1 unspecified atom stereocenters. The molecule has 1 heterocycles. The highest BCUT2D eigenvalue weighted by atomic mass is 127. The van der Waals surface area contributed by atoms with E-state index in [2.05, 4.69) is 46.9 Å². The van der Waals surface area contributed by atoms with E-state index in [4.69, 9.17) is 10.5 Å². The molecule has 0 fully saturated rings. The Kier molecular flexibility index (Phi) is 10.7. The summed E-state index contributed by atoms with van der Waals surface area (Å²) in [4.78, 5) is 5.67. The summed E-state index contributed by atoms with van der Waals surface area (Å²) in [6.07, 6.45) is 1.96. The first kappa shape index (κ1) is 20.9. The number of aliphatic imine (C=N–C) groups is 1. The van der Waals surface area contributed by atoms with Crippen molar-refractivity contribution >= 4 is 41.3 Å². The highest BCUT2D eigenvalue weighted by Crippen LogP contribution is 2.15. The van der Waals surface area contributed by atoms with Crippen LogP contribution in [0.5, 0.6) is 0 Å². The molecule has 0 saturated carbocycles. The van der Waals surface area contributed by atoms with Crippen molar-refractivity contribution in [1.29, 1.82) is 0 Å². The van der Waals surface area contributed by atoms with Crippen LogP contribution in [-0.2, 0) is 11.2 Å². The normalized spacial score (nSPS) is 12.5. The average molecular weight is 459 g/mol. The zero-order valence-electron chi connectivity index (χ0n) is 14.0. The van der Waals surface area contributed by atoms with E-state index in [1.54, 1.807) is 11.3 Å². The Bertz CT molecular complexity index is 575. The summed E-state index contributed by atoms with van der Waals surface area (Å²) >= 11 is 1.76. The quantitative estimate of drug-likeness (QED) is 0.258. The summed E-state index contributed by atoms with van der Waals surface area (Å²) in [5.74, 6) is 0.512. The Morgan fingerprint density at radius 1 is 1.25 bits per heavy atom. The molecule has 6 heteroatoms. The van der Waals surface area contributed by atoms with Crippen molar-refractivity contribution in [1.82, 2.24) is 5.32 Å². The number of ether oxygens (including phenoxy) is 1. The number of benzene rings is 1. The Hall–Kier alpha value is -1.12. The third-order valence-electron chi connectivity index (χ3n) is 3.48. The minimum absolute atomic E-state index is 0. The lowest BCUT2D eigenvalue weighted by Gasteiger charge is -2.12. The molecule has 2 rings (SSSR count). The molecule has 0 bridgehead atoms. The molecule has 4 nitrogen and oxygen atoms in total. The van der Waals surface area contributed by atoms with Crippen LogP contribution in [0.2, 0.25) is 0 Å². The van der Waals surface area contributed by atoms with Gasteiger partial charge in [-0.1, -0.05) is 36.4 Å². The summed E-state index contributed by atoms with van der Waals surface area (Å²) in [6, 6.07) is 14.4. The zero-order valence-corrected chi connectivity index (χ0v) is 17.1. The minimum atomic E-state index is 0. The SMILES string of the molecule is CC(OCCCN=C(N)NCCc1cccs1)c1ccccc1.I. The number of halogens is 1. The maximum atomic E-state index is 5.85. The number of hydrogen-bond acceptors (Lipinski definition) is 3. The molecule has 24 heavy (non-hydrogen) atoms. The maximum absolute atomic E-state index is 5.85. The molecule has 0 aliphatic carbocycles. The summed E-state index contributed by atoms with van der Waals surface area (Å²) in [6.45, 7) is 4.25. The van der Waals surface area contributed by atoms with Crippen LogP contribution in [-0.4, -0.2) is 25.7 Å². The molecule has 3 N–H and O–H groups in total. The van der Waals surface area contributed by atoms with Crippen LogP contribution >= 0.6 is 35.3 Å². The minimum Gasteiger partial charge on any atom is -0.374 e. The zero-order chi connectivity index (χ0) is 16.3. The third-order valence-corrected chi connectivity index (χ3v) is 4.42. The van der Waals surface area contributed by atoms with E-state index < -0.39 is 0 Å². The number of nitrogens with two attached hydrogens (primary N) is 1. The Balaban J connectivity index is 0.00000288. The standard InChI is InChI=1S/C18H25N3OS.HI/c1-15(16-7-3-2-4-8-16)22-13-6-11-20-18(19)21-12-10-17-9-5-14-23-17;/h2-5,7-9,14-15H,6,10-13H2,1H3,(H3,19,20,21);1H. The summed E-state index contributed by atoms with van der Waals surface area (Å²) in [5.41, 5.74) is 7.05. The van der Waals surface area contributed by atoms with E-state index in [0.29, 0.717) is 19.1 Å². The van der Waals surface area contributed by atoms with Crippen LogP contribution < -0.4 is 11.1 Å². The molecule has 1 aromatic heterocycles. The van der Waals surface area contributed by atoms with Gasteiger partial charge < -0.3 is 15.8 Å². The molecule has 0 saturated heterocycles. The smallest absolute Gasteiger partial charge is 0.188 e. The second-order valence-electron chi connectivity index (χ2n) is 5.30. The lowest BCUT2D eigenvalue weighted by molar-refractivity contribution is 0.0652. The van der Waals surface area contributed by atoms with Gasteiger partial charge in [-0.15, -0.1) is 35.3 Å². The fourth-order valence-electron chi connectivity index (χ4n) is 2.17. The predicted molar refractivity (Wildman–Crippen MR) is 113 cm³/mol. The number of thiophene rings is 1. The molecule has 1 atom stereocenters. The van der Waals surface area contributed by atoms with Gasteiger partial charge in [-0.3, -0.25) is 4.99 Å². The number of nitrogens with one attached hydrogen (secondary N) is 1. The van der Waals surface area contributed by atoms with Gasteiger partial charge in [0.1, 0.15) is 0 Å². The fraction of sp³-hybridized carbons (Fsp3) is 0.389. The second-order valence-corrected chi connectivity index (χ2v) is 6.33. The van der Waals surface area contributed by atoms with Gasteiger partial charge in [0.05, 0.1) is 6.10 Å². The second kappa shape index (κ2) is 12.3. The molecular weight excluding hydrogens is 433 g/mol. The first-order valence-electron chi connectivity index (χ1n) is 7.98. The van der Waals surface area contributed by atoms with Gasteiger partial charge in [0, 0.05) is 24.6 Å². The van der Waals surface area contributed by atoms with E-state index in [-0.39, 0.29) is 30.1 Å². The first-order valence-corrected chi connectivity index (χ1v) is 8.86. The van der Waals surface area contributed by atoms with Crippen LogP contribution in [0.4, 0.5) is 0 Å². The summed E-state index contributed by atoms with van der Waals surface area (Å²) in [7, 11) is 0. The highest BCUT2D eigenvalue weighted by Gasteiger charge is 2.03. The average Bonchev–Trinajstić information content (AvgIpc) is 3.08. The van der Waals surface area contributed by atoms with Crippen molar-refractivity contribution in [3.8, 4) is 0 Å². The summed E-state index contributed by atoms with van der Waals surface area (Å²) in [5, 5.41) is 5.23. The van der Waals surface area contributed by atoms with Gasteiger partial charge in [0.25, 0.3) is 0 Å². The molecule has 0 aliphatic heterocycles. The van der Waals surface area contributed by atoms with Crippen molar-refractivity contribution in [2.24, 2.45) is 10.7 Å². The van der Waals surface area contributed by atoms with Crippen molar-refractivity contribution < 1.29 is 4.74 Å². The Morgan fingerprint density at radius 2 is 2.04 bits per heavy atom. The van der Waals surface area contributed by atoms with Crippen LogP contribution in [0.3, 0.4) is 0 Å². The molecule has 0 amide bonds. The van der Waals surface area contributed by atoms with Crippen molar-refractivity contribution in [2.45, 2.75) is 25.9 Å². The molecule has 0 aliphatic rings. The van der Waals surface area contributed by atoms with Crippen LogP contribution in [0.15, 0.2) is 52.8 Å². The van der Waals surface area contributed by atoms with E-state index in [9.17, 15) is 0 Å². The van der Waals surface area contributed by atoms with Crippen LogP contribution in [0, 0.1) is 0 Å². The summed E-state index contributed by atoms with van der Waals surface area (Å²) < 4.78 is 5.81. The molecular formula is C18H26IN3OS. The number of guanidine groups is 1. The van der Waals surface area contributed by atoms with Gasteiger partial charge in [0.2, 0.25) is 0 Å². The maximum Gasteiger partial charge on any atom is 0.188 e. The van der Waals surface area contributed by atoms with Crippen molar-refractivity contribution in [3.05, 3.63) is 58.3 Å². The largest absolute Gasteiger partial charge is 0.374 e. The lowest BCUT2D eigenvalue weighted by atomic mass is 10.1. The van der Waals surface area contributed by atoms with E-state index >= 15 is 0 Å². The number of rotatable bonds is 9. The van der Waals surface area contributed by atoms with Gasteiger partial charge in [-0.2, -0.15) is 0 Å². The van der Waals surface area contributed by atoms with Gasteiger partial charge >= 0.3 is 0 Å². The highest BCUT2D eigenvalue weighted by molar-refractivity contribution is 14.0. The number of hydrogen-bond donors (Lipinski definition) is 2. The van der Waals surface area contributed by atoms with Gasteiger partial charge in [-0.05, 0) is 36.8 Å².